The highest BCUT2D eigenvalue weighted by Gasteiger charge is 2.27. The van der Waals surface area contributed by atoms with Gasteiger partial charge in [-0.2, -0.15) is 0 Å². The summed E-state index contributed by atoms with van der Waals surface area (Å²) in [7, 11) is 0. The summed E-state index contributed by atoms with van der Waals surface area (Å²) in [6, 6.07) is 19.4. The van der Waals surface area contributed by atoms with Crippen molar-refractivity contribution in [2.45, 2.75) is 19.8 Å². The van der Waals surface area contributed by atoms with Crippen LogP contribution in [0.1, 0.15) is 18.4 Å². The molecule has 2 aromatic carbocycles. The molecule has 3 aromatic rings. The second-order valence-electron chi connectivity index (χ2n) is 7.43. The van der Waals surface area contributed by atoms with Crippen molar-refractivity contribution in [2.75, 3.05) is 23.3 Å². The van der Waals surface area contributed by atoms with E-state index in [1.54, 1.807) is 12.1 Å². The lowest BCUT2D eigenvalue weighted by Gasteiger charge is -2.32. The van der Waals surface area contributed by atoms with Gasteiger partial charge in [0.2, 0.25) is 5.91 Å². The first kappa shape index (κ1) is 19.4. The van der Waals surface area contributed by atoms with E-state index in [4.69, 9.17) is 11.6 Å². The number of rotatable bonds is 4. The predicted molar refractivity (Wildman–Crippen MR) is 117 cm³/mol. The number of carbonyl (C=O) groups is 1. The van der Waals surface area contributed by atoms with E-state index < -0.39 is 0 Å². The van der Waals surface area contributed by atoms with Gasteiger partial charge in [-0.15, -0.1) is 10.2 Å². The minimum Gasteiger partial charge on any atom is -0.354 e. The van der Waals surface area contributed by atoms with Gasteiger partial charge in [-0.3, -0.25) is 4.79 Å². The van der Waals surface area contributed by atoms with Crippen molar-refractivity contribution in [2.24, 2.45) is 5.92 Å². The highest BCUT2D eigenvalue weighted by molar-refractivity contribution is 6.30. The van der Waals surface area contributed by atoms with Gasteiger partial charge in [0.1, 0.15) is 0 Å². The molecule has 0 radical (unpaired) electrons. The monoisotopic (exact) mass is 406 g/mol. The third kappa shape index (κ3) is 4.74. The summed E-state index contributed by atoms with van der Waals surface area (Å²) >= 11 is 6.01. The molecule has 0 spiro atoms. The Kier molecular flexibility index (Phi) is 5.76. The molecule has 0 bridgehead atoms. The standard InChI is InChI=1S/C23H23ClN4O/c1-16-7-9-17(10-8-16)21-11-12-22(27-26-21)28-13-3-4-18(15-28)23(29)25-20-6-2-5-19(24)14-20/h2,5-12,14,18H,3-4,13,15H2,1H3,(H,25,29)/t18-/m1/s1. The summed E-state index contributed by atoms with van der Waals surface area (Å²) in [5, 5.41) is 12.4. The fraction of sp³-hybridized carbons (Fsp3) is 0.261. The van der Waals surface area contributed by atoms with Crippen LogP contribution in [-0.4, -0.2) is 29.2 Å². The number of amides is 1. The number of hydrogen-bond acceptors (Lipinski definition) is 4. The van der Waals surface area contributed by atoms with Gasteiger partial charge < -0.3 is 10.2 Å². The Labute approximate surface area is 175 Å². The molecule has 1 fully saturated rings. The maximum atomic E-state index is 12.7. The molecular formula is C23H23ClN4O. The average molecular weight is 407 g/mol. The molecule has 1 aliphatic rings. The van der Waals surface area contributed by atoms with Crippen LogP contribution in [0.2, 0.25) is 5.02 Å². The van der Waals surface area contributed by atoms with E-state index in [9.17, 15) is 4.79 Å². The summed E-state index contributed by atoms with van der Waals surface area (Å²) in [5.74, 6) is 0.726. The summed E-state index contributed by atoms with van der Waals surface area (Å²) in [4.78, 5) is 14.8. The van der Waals surface area contributed by atoms with E-state index >= 15 is 0 Å². The number of nitrogens with one attached hydrogen (secondary N) is 1. The molecule has 0 saturated carbocycles. The topological polar surface area (TPSA) is 58.1 Å². The van der Waals surface area contributed by atoms with Crippen molar-refractivity contribution in [1.29, 1.82) is 0 Å². The fourth-order valence-electron chi connectivity index (χ4n) is 3.58. The highest BCUT2D eigenvalue weighted by atomic mass is 35.5. The Morgan fingerprint density at radius 1 is 1.10 bits per heavy atom. The Hall–Kier alpha value is -2.92. The SMILES string of the molecule is Cc1ccc(-c2ccc(N3CCC[C@@H](C(=O)Nc4cccc(Cl)c4)C3)nn2)cc1. The smallest absolute Gasteiger partial charge is 0.229 e. The van der Waals surface area contributed by atoms with E-state index in [-0.39, 0.29) is 11.8 Å². The van der Waals surface area contributed by atoms with Gasteiger partial charge in [0.05, 0.1) is 11.6 Å². The lowest BCUT2D eigenvalue weighted by molar-refractivity contribution is -0.120. The minimum absolute atomic E-state index is 0.0150. The van der Waals surface area contributed by atoms with E-state index in [0.717, 1.165) is 42.1 Å². The molecule has 1 aliphatic heterocycles. The lowest BCUT2D eigenvalue weighted by Crippen LogP contribution is -2.41. The molecule has 4 rings (SSSR count). The van der Waals surface area contributed by atoms with Gasteiger partial charge in [0.15, 0.2) is 5.82 Å². The summed E-state index contributed by atoms with van der Waals surface area (Å²) < 4.78 is 0. The molecule has 1 aromatic heterocycles. The largest absolute Gasteiger partial charge is 0.354 e. The van der Waals surface area contributed by atoms with Crippen LogP contribution < -0.4 is 10.2 Å². The maximum Gasteiger partial charge on any atom is 0.229 e. The van der Waals surface area contributed by atoms with Crippen LogP contribution in [0, 0.1) is 12.8 Å². The van der Waals surface area contributed by atoms with Gasteiger partial charge in [0.25, 0.3) is 0 Å². The van der Waals surface area contributed by atoms with Crippen LogP contribution in [0.4, 0.5) is 11.5 Å². The van der Waals surface area contributed by atoms with Crippen LogP contribution in [0.5, 0.6) is 0 Å². The van der Waals surface area contributed by atoms with Crippen LogP contribution in [-0.2, 0) is 4.79 Å². The predicted octanol–water partition coefficient (Wildman–Crippen LogP) is 4.96. The molecule has 0 unspecified atom stereocenters. The van der Waals surface area contributed by atoms with Crippen LogP contribution in [0.25, 0.3) is 11.3 Å². The summed E-state index contributed by atoms with van der Waals surface area (Å²) in [6.45, 7) is 3.57. The number of piperidine rings is 1. The molecule has 1 N–H and O–H groups in total. The van der Waals surface area contributed by atoms with Crippen LogP contribution >= 0.6 is 11.6 Å². The molecule has 5 nitrogen and oxygen atoms in total. The van der Waals surface area contributed by atoms with Crippen molar-refractivity contribution in [1.82, 2.24) is 10.2 Å². The molecule has 6 heteroatoms. The van der Waals surface area contributed by atoms with Gasteiger partial charge in [-0.05, 0) is 50.1 Å². The first-order valence-electron chi connectivity index (χ1n) is 9.80. The molecule has 2 heterocycles. The zero-order valence-electron chi connectivity index (χ0n) is 16.3. The van der Waals surface area contributed by atoms with Crippen molar-refractivity contribution in [3.05, 3.63) is 71.2 Å². The number of anilines is 2. The molecular weight excluding hydrogens is 384 g/mol. The van der Waals surface area contributed by atoms with E-state index in [1.165, 1.54) is 5.56 Å². The number of aromatic nitrogens is 2. The minimum atomic E-state index is -0.0960. The summed E-state index contributed by atoms with van der Waals surface area (Å²) in [6.07, 6.45) is 1.80. The fourth-order valence-corrected chi connectivity index (χ4v) is 3.77. The van der Waals surface area contributed by atoms with Crippen LogP contribution in [0.15, 0.2) is 60.7 Å². The average Bonchev–Trinajstić information content (AvgIpc) is 2.74. The quantitative estimate of drug-likeness (QED) is 0.665. The van der Waals surface area contributed by atoms with E-state index in [2.05, 4.69) is 51.6 Å². The second-order valence-corrected chi connectivity index (χ2v) is 7.86. The Balaban J connectivity index is 1.42. The number of aryl methyl sites for hydroxylation is 1. The molecule has 0 aliphatic carbocycles. The molecule has 29 heavy (non-hydrogen) atoms. The number of nitrogens with zero attached hydrogens (tertiary/aromatic N) is 3. The molecule has 148 valence electrons. The third-order valence-electron chi connectivity index (χ3n) is 5.21. The molecule has 1 amide bonds. The van der Waals surface area contributed by atoms with Gasteiger partial charge in [-0.25, -0.2) is 0 Å². The maximum absolute atomic E-state index is 12.7. The molecule has 1 atom stereocenters. The first-order valence-corrected chi connectivity index (χ1v) is 10.2. The van der Waals surface area contributed by atoms with Crippen LogP contribution in [0.3, 0.4) is 0 Å². The molecule has 1 saturated heterocycles. The zero-order valence-corrected chi connectivity index (χ0v) is 17.1. The van der Waals surface area contributed by atoms with Crippen molar-refractivity contribution < 1.29 is 4.79 Å². The summed E-state index contributed by atoms with van der Waals surface area (Å²) in [5.41, 5.74) is 3.84. The van der Waals surface area contributed by atoms with Crippen molar-refractivity contribution in [3.63, 3.8) is 0 Å². The Morgan fingerprint density at radius 2 is 1.93 bits per heavy atom. The van der Waals surface area contributed by atoms with E-state index in [1.807, 2.05) is 24.3 Å². The van der Waals surface area contributed by atoms with Gasteiger partial charge in [0, 0.05) is 29.4 Å². The number of halogens is 1. The third-order valence-corrected chi connectivity index (χ3v) is 5.44. The normalized spacial score (nSPS) is 16.5. The Bertz CT molecular complexity index is 989. The lowest BCUT2D eigenvalue weighted by atomic mass is 9.97. The van der Waals surface area contributed by atoms with E-state index in [0.29, 0.717) is 11.6 Å². The highest BCUT2D eigenvalue weighted by Crippen LogP contribution is 2.25. The number of benzene rings is 2. The number of carbonyl (C=O) groups excluding carboxylic acids is 1. The van der Waals surface area contributed by atoms with Crippen molar-refractivity contribution >= 4 is 29.0 Å². The second kappa shape index (κ2) is 8.62. The zero-order chi connectivity index (χ0) is 20.2. The first-order chi connectivity index (χ1) is 14.1. The number of hydrogen-bond donors (Lipinski definition) is 1. The van der Waals surface area contributed by atoms with Gasteiger partial charge in [-0.1, -0.05) is 47.5 Å². The van der Waals surface area contributed by atoms with Crippen molar-refractivity contribution in [3.8, 4) is 11.3 Å². The van der Waals surface area contributed by atoms with Gasteiger partial charge >= 0.3 is 0 Å². The Morgan fingerprint density at radius 3 is 2.66 bits per heavy atom.